The summed E-state index contributed by atoms with van der Waals surface area (Å²) in [5, 5.41) is 35.5. The average Bonchev–Trinajstić information content (AvgIpc) is 3.57. The molecule has 0 aromatic rings. The molecule has 7 bridgehead atoms. The van der Waals surface area contributed by atoms with Gasteiger partial charge >= 0.3 is 11.9 Å². The van der Waals surface area contributed by atoms with Crippen LogP contribution in [0.5, 0.6) is 0 Å². The third-order valence-electron chi connectivity index (χ3n) is 12.0. The minimum Gasteiger partial charge on any atom is -0.481 e. The van der Waals surface area contributed by atoms with Gasteiger partial charge in [0.2, 0.25) is 0 Å². The highest BCUT2D eigenvalue weighted by molar-refractivity contribution is 5.87. The normalized spacial score (nSPS) is 40.1. The maximum Gasteiger partial charge on any atom is 0.331 e. The highest BCUT2D eigenvalue weighted by Gasteiger charge is 2.45. The number of unbranched alkanes of at least 4 members (excludes halogenated alkanes) is 1. The Balaban J connectivity index is 1.31. The Bertz CT molecular complexity index is 1670. The maximum atomic E-state index is 13.0. The Hall–Kier alpha value is -3.91. The Kier molecular flexibility index (Phi) is 18.8. The molecule has 0 aromatic heterocycles. The van der Waals surface area contributed by atoms with E-state index in [0.717, 1.165) is 37.0 Å². The van der Waals surface area contributed by atoms with Crippen LogP contribution in [0.3, 0.4) is 0 Å². The van der Waals surface area contributed by atoms with Gasteiger partial charge in [0.15, 0.2) is 6.10 Å². The lowest BCUT2D eigenvalue weighted by Crippen LogP contribution is -2.48. The van der Waals surface area contributed by atoms with E-state index in [1.165, 1.54) is 13.2 Å². The molecule has 6 rings (SSSR count). The third kappa shape index (κ3) is 14.1. The number of carbonyl (C=O) groups excluding carboxylic acids is 1. The van der Waals surface area contributed by atoms with Crippen molar-refractivity contribution in [1.82, 2.24) is 0 Å². The number of aliphatic carboxylic acids is 1. The van der Waals surface area contributed by atoms with Crippen LogP contribution >= 0.6 is 0 Å². The van der Waals surface area contributed by atoms with Gasteiger partial charge in [-0.2, -0.15) is 0 Å². The van der Waals surface area contributed by atoms with Crippen molar-refractivity contribution in [3.05, 3.63) is 96.7 Å². The van der Waals surface area contributed by atoms with Crippen LogP contribution in [-0.2, 0) is 38.1 Å². The van der Waals surface area contributed by atoms with Crippen LogP contribution in [0.2, 0.25) is 0 Å². The first kappa shape index (κ1) is 47.1. The number of oxime groups is 1. The number of allylic oxidation sites excluding steroid dienone is 7. The van der Waals surface area contributed by atoms with Crippen LogP contribution in [0.25, 0.3) is 0 Å². The number of ether oxygens (including phenoxy) is 5. The van der Waals surface area contributed by atoms with Crippen molar-refractivity contribution in [3.63, 3.8) is 0 Å². The van der Waals surface area contributed by atoms with Gasteiger partial charge in [-0.1, -0.05) is 111 Å². The number of carboxylic acid groups (broad SMARTS) is 1. The van der Waals surface area contributed by atoms with E-state index in [1.54, 1.807) is 18.2 Å². The van der Waals surface area contributed by atoms with Gasteiger partial charge in [-0.3, -0.25) is 4.79 Å². The summed E-state index contributed by atoms with van der Waals surface area (Å²) < 4.78 is 31.8. The minimum atomic E-state index is -1.16. The molecule has 3 saturated heterocycles. The predicted octanol–water partition coefficient (Wildman–Crippen LogP) is 7.44. The molecule has 0 amide bonds. The zero-order valence-electron chi connectivity index (χ0n) is 35.9. The molecule has 6 aliphatic heterocycles. The Labute approximate surface area is 356 Å². The first-order valence-electron chi connectivity index (χ1n) is 21.8. The summed E-state index contributed by atoms with van der Waals surface area (Å²) in [6.45, 7) is 8.26. The molecule has 0 radical (unpaired) electrons. The fourth-order valence-corrected chi connectivity index (χ4v) is 8.49. The van der Waals surface area contributed by atoms with Gasteiger partial charge in [-0.15, -0.1) is 0 Å². The zero-order chi connectivity index (χ0) is 43.0. The van der Waals surface area contributed by atoms with Crippen molar-refractivity contribution < 1.29 is 53.4 Å². The second-order valence-corrected chi connectivity index (χ2v) is 16.7. The number of aliphatic hydroxyl groups is 2. The SMILES string of the molecule is CO/N=C1\C[C@H]2O[C@H](C/C=C/[C@@H]3O[C@@H]4C[C@@H](O[C@@H]4/C=C/C=C\C=C/C(=O)O[C@@H]4C=C[C@H](C/C=C/CC/C=C/[C@H](O)[C@@H]2O)O[C@H]4/C(C)=C/[C@H](C)CCCCC(=O)O)[C@H]3C)[C@H]1C. The van der Waals surface area contributed by atoms with Gasteiger partial charge in [-0.05, 0) is 63.0 Å². The summed E-state index contributed by atoms with van der Waals surface area (Å²) in [5.41, 5.74) is 1.73. The fraction of sp³-hybridized carbons (Fsp3) is 0.604. The molecule has 12 nitrogen and oxygen atoms in total. The smallest absolute Gasteiger partial charge is 0.331 e. The summed E-state index contributed by atoms with van der Waals surface area (Å²) in [7, 11) is 1.51. The first-order valence-corrected chi connectivity index (χ1v) is 21.8. The van der Waals surface area contributed by atoms with Crippen LogP contribution in [-0.4, -0.2) is 107 Å². The molecule has 330 valence electrons. The van der Waals surface area contributed by atoms with E-state index >= 15 is 0 Å². The summed E-state index contributed by atoms with van der Waals surface area (Å²) >= 11 is 0. The number of esters is 1. The number of nitrogens with zero attached hydrogens (tertiary/aromatic N) is 1. The largest absolute Gasteiger partial charge is 0.481 e. The highest BCUT2D eigenvalue weighted by Crippen LogP contribution is 2.38. The van der Waals surface area contributed by atoms with E-state index in [4.69, 9.17) is 33.6 Å². The van der Waals surface area contributed by atoms with Gasteiger partial charge in [0.25, 0.3) is 0 Å². The van der Waals surface area contributed by atoms with Crippen molar-refractivity contribution >= 4 is 17.7 Å². The Morgan fingerprint density at radius 3 is 2.43 bits per heavy atom. The van der Waals surface area contributed by atoms with E-state index in [1.807, 2.05) is 50.3 Å². The van der Waals surface area contributed by atoms with Crippen molar-refractivity contribution in [2.45, 2.75) is 159 Å². The lowest BCUT2D eigenvalue weighted by Gasteiger charge is -2.38. The van der Waals surface area contributed by atoms with Crippen LogP contribution in [0.4, 0.5) is 0 Å². The van der Waals surface area contributed by atoms with Gasteiger partial charge < -0.3 is 43.8 Å². The number of carbonyl (C=O) groups is 2. The molecular formula is C48H67NO11. The highest BCUT2D eigenvalue weighted by atomic mass is 16.6. The van der Waals surface area contributed by atoms with Crippen LogP contribution in [0, 0.1) is 17.8 Å². The number of hydrogen-bond acceptors (Lipinski definition) is 11. The molecule has 12 heteroatoms. The molecule has 6 heterocycles. The van der Waals surface area contributed by atoms with E-state index < -0.39 is 42.5 Å². The second kappa shape index (κ2) is 23.9. The molecule has 3 N–H and O–H groups in total. The minimum absolute atomic E-state index is 0.0534. The molecule has 6 aliphatic rings. The molecule has 0 aromatic carbocycles. The topological polar surface area (TPSA) is 163 Å². The van der Waals surface area contributed by atoms with Gasteiger partial charge in [0.05, 0.1) is 42.3 Å². The lowest BCUT2D eigenvalue weighted by molar-refractivity contribution is -0.148. The molecule has 60 heavy (non-hydrogen) atoms. The summed E-state index contributed by atoms with van der Waals surface area (Å²) in [6.07, 6.45) is 29.5. The van der Waals surface area contributed by atoms with E-state index in [-0.39, 0.29) is 60.8 Å². The molecule has 14 atom stereocenters. The lowest BCUT2D eigenvalue weighted by atomic mass is 9.86. The predicted molar refractivity (Wildman–Crippen MR) is 230 cm³/mol. The average molecular weight is 834 g/mol. The molecule has 3 fully saturated rings. The van der Waals surface area contributed by atoms with Crippen molar-refractivity contribution in [2.75, 3.05) is 7.11 Å². The number of hydrogen-bond donors (Lipinski definition) is 3. The first-order chi connectivity index (χ1) is 28.9. The van der Waals surface area contributed by atoms with Crippen LogP contribution in [0.1, 0.15) is 91.9 Å². The van der Waals surface area contributed by atoms with Gasteiger partial charge in [-0.25, -0.2) is 4.79 Å². The molecular weight excluding hydrogens is 767 g/mol. The quantitative estimate of drug-likeness (QED) is 0.0965. The standard InChI is InChI=1S/C48H67NO11/c1-31(18-15-16-24-45(51)52)28-32(2)48-41-27-26-35(56-48)19-11-7-6-8-12-20-37(50)47(54)44-29-36(49-55-5)33(3)38(58-44)22-17-23-39-34(4)42-30-43(57-39)40(59-42)21-13-9-10-14-25-46(53)60-41/h7,9-14,17,20-21,23,25-28,31,33-35,37-44,47-48,50,54H,6,8,15-16,18-19,22,24,29-30H2,1-5H3,(H,51,52)/b10-9-,11-7+,20-12+,21-13+,23-17+,25-14-,32-28+,49-36+/t31-,33+,34+,35+,37+,38-,39+,40-,41-,42-,43-,44-,47+,48+/m1/s1. The van der Waals surface area contributed by atoms with Crippen LogP contribution < -0.4 is 0 Å². The summed E-state index contributed by atoms with van der Waals surface area (Å²) in [5.74, 6) is -0.989. The van der Waals surface area contributed by atoms with E-state index in [0.29, 0.717) is 32.1 Å². The molecule has 0 unspecified atom stereocenters. The fourth-order valence-electron chi connectivity index (χ4n) is 8.49. The van der Waals surface area contributed by atoms with Crippen molar-refractivity contribution in [1.29, 1.82) is 0 Å². The number of carboxylic acids is 1. The van der Waals surface area contributed by atoms with Crippen molar-refractivity contribution in [2.24, 2.45) is 22.9 Å². The van der Waals surface area contributed by atoms with Crippen LogP contribution in [0.15, 0.2) is 102 Å². The van der Waals surface area contributed by atoms with Gasteiger partial charge in [0.1, 0.15) is 31.5 Å². The molecule has 0 aliphatic carbocycles. The molecule has 0 spiro atoms. The third-order valence-corrected chi connectivity index (χ3v) is 12.0. The Morgan fingerprint density at radius 1 is 0.850 bits per heavy atom. The van der Waals surface area contributed by atoms with Crippen molar-refractivity contribution in [3.8, 4) is 0 Å². The monoisotopic (exact) mass is 833 g/mol. The molecule has 0 saturated carbocycles. The maximum absolute atomic E-state index is 13.0. The van der Waals surface area contributed by atoms with E-state index in [2.05, 4.69) is 49.4 Å². The zero-order valence-corrected chi connectivity index (χ0v) is 35.9. The number of aliphatic hydroxyl groups excluding tert-OH is 2. The van der Waals surface area contributed by atoms with Gasteiger partial charge in [0, 0.05) is 37.2 Å². The Morgan fingerprint density at radius 2 is 1.63 bits per heavy atom. The summed E-state index contributed by atoms with van der Waals surface area (Å²) in [6, 6.07) is 0. The number of fused-ring (bicyclic) bond motifs is 13. The second-order valence-electron chi connectivity index (χ2n) is 16.7. The number of rotatable bonds is 8. The van der Waals surface area contributed by atoms with E-state index in [9.17, 15) is 19.8 Å². The summed E-state index contributed by atoms with van der Waals surface area (Å²) in [4.78, 5) is 29.1.